The molecular formula is C12H25IN2O3S. The molecule has 0 saturated carbocycles. The summed E-state index contributed by atoms with van der Waals surface area (Å²) in [6, 6.07) is 0. The summed E-state index contributed by atoms with van der Waals surface area (Å²) in [6.45, 7) is 6.31. The lowest BCUT2D eigenvalue weighted by atomic mass is 10.1. The van der Waals surface area contributed by atoms with E-state index in [9.17, 15) is 9.90 Å². The maximum Gasteiger partial charge on any atom is 0.410 e. The Morgan fingerprint density at radius 3 is 2.42 bits per heavy atom. The van der Waals surface area contributed by atoms with Crippen molar-refractivity contribution in [3.63, 3.8) is 0 Å². The van der Waals surface area contributed by atoms with E-state index in [1.54, 1.807) is 0 Å². The number of β-amino-alcohol motifs (C(OH)–C–C–N with tert-alkyl or cyclic N) is 1. The summed E-state index contributed by atoms with van der Waals surface area (Å²) in [7, 11) is -1.54. The van der Waals surface area contributed by atoms with Crippen LogP contribution in [0.5, 0.6) is 0 Å². The van der Waals surface area contributed by atoms with E-state index in [1.807, 2.05) is 27.0 Å². The lowest BCUT2D eigenvalue weighted by Crippen LogP contribution is -3.00. The van der Waals surface area contributed by atoms with Gasteiger partial charge in [-0.25, -0.2) is 4.79 Å². The van der Waals surface area contributed by atoms with Crippen LogP contribution in [0.4, 0.5) is 4.79 Å². The van der Waals surface area contributed by atoms with Crippen molar-refractivity contribution in [3.8, 4) is 0 Å². The number of carbonyl (C=O) groups is 1. The number of nitrogens with zero attached hydrogens (tertiary/aromatic N) is 1. The van der Waals surface area contributed by atoms with Crippen molar-refractivity contribution in [2.45, 2.75) is 44.1 Å². The molecule has 1 amide bonds. The van der Waals surface area contributed by atoms with Crippen molar-refractivity contribution in [3.05, 3.63) is 0 Å². The maximum absolute atomic E-state index is 11.9. The third kappa shape index (κ3) is 5.97. The van der Waals surface area contributed by atoms with Crippen LogP contribution in [0.2, 0.25) is 0 Å². The fourth-order valence-electron chi connectivity index (χ4n) is 2.03. The molecule has 19 heavy (non-hydrogen) atoms. The van der Waals surface area contributed by atoms with Gasteiger partial charge in [-0.3, -0.25) is 0 Å². The number of hydrogen-bond acceptors (Lipinski definition) is 4. The predicted octanol–water partition coefficient (Wildman–Crippen LogP) is -2.55. The van der Waals surface area contributed by atoms with Gasteiger partial charge in [-0.05, 0) is 20.8 Å². The highest BCUT2D eigenvalue weighted by Gasteiger charge is 2.39. The number of aliphatic hydroxyl groups excluding tert-OH is 1. The minimum atomic E-state index is -1.54. The summed E-state index contributed by atoms with van der Waals surface area (Å²) >= 11 is 0. The van der Waals surface area contributed by atoms with Gasteiger partial charge in [-0.2, -0.15) is 5.14 Å². The zero-order valence-electron chi connectivity index (χ0n) is 12.1. The number of hydrogen-bond donors (Lipinski definition) is 2. The Balaban J connectivity index is 0.00000324. The maximum atomic E-state index is 11.9. The number of piperidine rings is 1. The number of aliphatic hydroxyl groups is 1. The van der Waals surface area contributed by atoms with Gasteiger partial charge in [0, 0.05) is 13.0 Å². The summed E-state index contributed by atoms with van der Waals surface area (Å²) in [4.78, 5) is 13.4. The number of nitrogens with two attached hydrogens (primary N) is 1. The SMILES string of the molecule is C=[S+](C)(N)C1CCN(C(=O)OC(C)(C)C)CC1O.[I-]. The van der Waals surface area contributed by atoms with Crippen molar-refractivity contribution in [2.24, 2.45) is 5.14 Å². The lowest BCUT2D eigenvalue weighted by Gasteiger charge is -2.37. The molecule has 114 valence electrons. The molecule has 5 nitrogen and oxygen atoms in total. The first kappa shape index (κ1) is 19.1. The lowest BCUT2D eigenvalue weighted by molar-refractivity contribution is -0.000106. The van der Waals surface area contributed by atoms with Crippen molar-refractivity contribution >= 4 is 21.8 Å². The average Bonchev–Trinajstić information content (AvgIpc) is 2.12. The minimum absolute atomic E-state index is 0. The topological polar surface area (TPSA) is 75.8 Å². The number of rotatable bonds is 1. The van der Waals surface area contributed by atoms with Gasteiger partial charge in [0.15, 0.2) is 0 Å². The van der Waals surface area contributed by atoms with E-state index in [1.165, 1.54) is 4.90 Å². The van der Waals surface area contributed by atoms with Gasteiger partial charge in [0.2, 0.25) is 0 Å². The largest absolute Gasteiger partial charge is 1.00 e. The molecule has 0 spiro atoms. The summed E-state index contributed by atoms with van der Waals surface area (Å²) in [5, 5.41) is 16.1. The molecule has 1 heterocycles. The standard InChI is InChI=1S/C12H25N2O3S.HI/c1-12(2,3)17-11(16)14-7-6-10(9(15)8-14)18(4,5)13;/h9-10,15H,4,6-8,13H2,1-3,5H3;1H/q+1;/p-1. The van der Waals surface area contributed by atoms with Crippen LogP contribution < -0.4 is 29.1 Å². The molecule has 0 aliphatic carbocycles. The molecule has 0 aromatic carbocycles. The van der Waals surface area contributed by atoms with Crippen LogP contribution in [0.15, 0.2) is 0 Å². The highest BCUT2D eigenvalue weighted by molar-refractivity contribution is 8.09. The Bertz CT molecular complexity index is 364. The van der Waals surface area contributed by atoms with Gasteiger partial charge in [-0.15, -0.1) is 0 Å². The van der Waals surface area contributed by atoms with E-state index >= 15 is 0 Å². The highest BCUT2D eigenvalue weighted by Crippen LogP contribution is 2.21. The minimum Gasteiger partial charge on any atom is -1.00 e. The van der Waals surface area contributed by atoms with Gasteiger partial charge < -0.3 is 38.7 Å². The smallest absolute Gasteiger partial charge is 0.410 e. The molecule has 1 fully saturated rings. The first-order valence-electron chi connectivity index (χ1n) is 6.04. The van der Waals surface area contributed by atoms with Crippen molar-refractivity contribution in [1.82, 2.24) is 4.90 Å². The van der Waals surface area contributed by atoms with Crippen molar-refractivity contribution in [2.75, 3.05) is 19.3 Å². The van der Waals surface area contributed by atoms with Crippen LogP contribution in [-0.2, 0) is 14.5 Å². The Morgan fingerprint density at radius 1 is 1.53 bits per heavy atom. The monoisotopic (exact) mass is 404 g/mol. The number of amides is 1. The van der Waals surface area contributed by atoms with Crippen LogP contribution >= 0.6 is 0 Å². The third-order valence-corrected chi connectivity index (χ3v) is 4.80. The zero-order valence-corrected chi connectivity index (χ0v) is 15.0. The Hall–Kier alpha value is 0.140. The molecule has 1 aliphatic heterocycles. The molecule has 1 rings (SSSR count). The molecule has 0 radical (unpaired) electrons. The molecule has 0 aromatic rings. The van der Waals surface area contributed by atoms with Gasteiger partial charge in [0.1, 0.15) is 17.0 Å². The van der Waals surface area contributed by atoms with Crippen LogP contribution in [0.3, 0.4) is 0 Å². The summed E-state index contributed by atoms with van der Waals surface area (Å²) in [5.41, 5.74) is -0.515. The van der Waals surface area contributed by atoms with E-state index in [0.717, 1.165) is 0 Å². The van der Waals surface area contributed by atoms with Gasteiger partial charge in [0.25, 0.3) is 0 Å². The van der Waals surface area contributed by atoms with Crippen molar-refractivity contribution < 1.29 is 38.6 Å². The van der Waals surface area contributed by atoms with Crippen LogP contribution in [-0.4, -0.2) is 58.3 Å². The second-order valence-corrected chi connectivity index (χ2v) is 9.11. The van der Waals surface area contributed by atoms with E-state index in [2.05, 4.69) is 5.87 Å². The van der Waals surface area contributed by atoms with E-state index < -0.39 is 21.5 Å². The highest BCUT2D eigenvalue weighted by atomic mass is 127. The number of likely N-dealkylation sites (tertiary alicyclic amines) is 1. The van der Waals surface area contributed by atoms with E-state index in [4.69, 9.17) is 9.88 Å². The number of carbonyl (C=O) groups excluding carboxylic acids is 1. The number of ether oxygens (including phenoxy) is 1. The summed E-state index contributed by atoms with van der Waals surface area (Å²) in [6.07, 6.45) is 1.56. The second-order valence-electron chi connectivity index (χ2n) is 6.05. The second kappa shape index (κ2) is 6.73. The third-order valence-electron chi connectivity index (χ3n) is 2.86. The summed E-state index contributed by atoms with van der Waals surface area (Å²) in [5.74, 6) is 3.94. The first-order chi connectivity index (χ1) is 8.00. The molecular weight excluding hydrogens is 379 g/mol. The average molecular weight is 404 g/mol. The van der Waals surface area contributed by atoms with Gasteiger partial charge in [0.05, 0.1) is 18.7 Å². The van der Waals surface area contributed by atoms with Crippen LogP contribution in [0, 0.1) is 0 Å². The van der Waals surface area contributed by atoms with E-state index in [0.29, 0.717) is 13.0 Å². The fraction of sp³-hybridized carbons (Fsp3) is 0.833. The van der Waals surface area contributed by atoms with Crippen molar-refractivity contribution in [1.29, 1.82) is 0 Å². The van der Waals surface area contributed by atoms with Gasteiger partial charge >= 0.3 is 6.09 Å². The Kier molecular flexibility index (Phi) is 6.78. The van der Waals surface area contributed by atoms with E-state index in [-0.39, 0.29) is 41.9 Å². The molecule has 3 unspecified atom stereocenters. The zero-order chi connectivity index (χ0) is 14.1. The van der Waals surface area contributed by atoms with Gasteiger partial charge in [-0.1, -0.05) is 9.80 Å². The fourth-order valence-corrected chi connectivity index (χ4v) is 3.48. The molecule has 1 saturated heterocycles. The first-order valence-corrected chi connectivity index (χ1v) is 8.38. The van der Waals surface area contributed by atoms with Crippen LogP contribution in [0.1, 0.15) is 27.2 Å². The predicted molar refractivity (Wildman–Crippen MR) is 76.8 cm³/mol. The Labute approximate surface area is 133 Å². The molecule has 3 atom stereocenters. The normalized spacial score (nSPS) is 27.2. The molecule has 0 aromatic heterocycles. The molecule has 1 aliphatic rings. The summed E-state index contributed by atoms with van der Waals surface area (Å²) < 4.78 is 5.28. The molecule has 3 N–H and O–H groups in total. The van der Waals surface area contributed by atoms with Crippen LogP contribution in [0.25, 0.3) is 0 Å². The number of halogens is 1. The molecule has 0 bridgehead atoms. The molecule has 7 heteroatoms. The Morgan fingerprint density at radius 2 is 2.05 bits per heavy atom. The quantitative estimate of drug-likeness (QED) is 0.287.